The van der Waals surface area contributed by atoms with Crippen LogP contribution in [0.5, 0.6) is 0 Å². The molecular weight excluding hydrogens is 442 g/mol. The van der Waals surface area contributed by atoms with Crippen molar-refractivity contribution in [2.75, 3.05) is 39.1 Å². The molecule has 0 aliphatic heterocycles. The van der Waals surface area contributed by atoms with Crippen LogP contribution in [0.1, 0.15) is 26.4 Å². The number of nitriles is 1. The van der Waals surface area contributed by atoms with Crippen LogP contribution in [0, 0.1) is 11.3 Å². The number of amides is 2. The van der Waals surface area contributed by atoms with Crippen molar-refractivity contribution >= 4 is 23.1 Å². The summed E-state index contributed by atoms with van der Waals surface area (Å²) in [5.74, 6) is -0.416. The van der Waals surface area contributed by atoms with Crippen LogP contribution in [0.4, 0.5) is 5.69 Å². The first-order valence-corrected chi connectivity index (χ1v) is 11.0. The number of anilines is 1. The number of likely N-dealkylation sites (N-methyl/N-ethyl adjacent to an activating group) is 1. The third kappa shape index (κ3) is 5.18. The van der Waals surface area contributed by atoms with E-state index in [4.69, 9.17) is 5.26 Å². The van der Waals surface area contributed by atoms with Crippen molar-refractivity contribution in [2.24, 2.45) is 0 Å². The molecule has 2 aromatic heterocycles. The minimum Gasteiger partial charge on any atom is -0.351 e. The van der Waals surface area contributed by atoms with Gasteiger partial charge in [-0.05, 0) is 50.5 Å². The summed E-state index contributed by atoms with van der Waals surface area (Å²) < 4.78 is 1.80. The van der Waals surface area contributed by atoms with Gasteiger partial charge in [-0.3, -0.25) is 14.0 Å². The highest BCUT2D eigenvalue weighted by Gasteiger charge is 2.17. The summed E-state index contributed by atoms with van der Waals surface area (Å²) in [7, 11) is 5.57. The first-order chi connectivity index (χ1) is 16.9. The zero-order valence-corrected chi connectivity index (χ0v) is 19.8. The molecule has 0 aliphatic carbocycles. The van der Waals surface area contributed by atoms with Crippen LogP contribution in [0.25, 0.3) is 16.9 Å². The van der Waals surface area contributed by atoms with E-state index in [0.717, 1.165) is 17.8 Å². The summed E-state index contributed by atoms with van der Waals surface area (Å²) in [4.78, 5) is 37.6. The molecule has 2 heterocycles. The quantitative estimate of drug-likeness (QED) is 0.448. The molecule has 176 valence electrons. The Kier molecular flexibility index (Phi) is 6.85. The predicted molar refractivity (Wildman–Crippen MR) is 133 cm³/mol. The first-order valence-electron chi connectivity index (χ1n) is 11.0. The van der Waals surface area contributed by atoms with E-state index in [2.05, 4.69) is 21.4 Å². The number of carbonyl (C=O) groups excluding carboxylic acids is 2. The molecule has 0 spiro atoms. The second kappa shape index (κ2) is 10.2. The highest BCUT2D eigenvalue weighted by molar-refractivity contribution is 6.04. The van der Waals surface area contributed by atoms with Gasteiger partial charge in [0.25, 0.3) is 11.8 Å². The molecule has 2 aromatic carbocycles. The first kappa shape index (κ1) is 23.6. The van der Waals surface area contributed by atoms with E-state index >= 15 is 0 Å². The van der Waals surface area contributed by atoms with Crippen molar-refractivity contribution in [3.05, 3.63) is 83.9 Å². The van der Waals surface area contributed by atoms with Gasteiger partial charge in [-0.1, -0.05) is 12.1 Å². The molecular formula is C26H25N7O2. The Bertz CT molecular complexity index is 1400. The molecule has 0 bridgehead atoms. The zero-order chi connectivity index (χ0) is 24.9. The van der Waals surface area contributed by atoms with E-state index in [-0.39, 0.29) is 17.5 Å². The van der Waals surface area contributed by atoms with Crippen LogP contribution in [0.3, 0.4) is 0 Å². The van der Waals surface area contributed by atoms with Gasteiger partial charge in [-0.2, -0.15) is 5.26 Å². The second-order valence-corrected chi connectivity index (χ2v) is 8.30. The van der Waals surface area contributed by atoms with Gasteiger partial charge in [-0.25, -0.2) is 9.97 Å². The summed E-state index contributed by atoms with van der Waals surface area (Å²) >= 11 is 0. The Morgan fingerprint density at radius 3 is 2.37 bits per heavy atom. The summed E-state index contributed by atoms with van der Waals surface area (Å²) in [5.41, 5.74) is 4.23. The van der Waals surface area contributed by atoms with E-state index < -0.39 is 0 Å². The van der Waals surface area contributed by atoms with Gasteiger partial charge in [0, 0.05) is 43.1 Å². The van der Waals surface area contributed by atoms with Gasteiger partial charge in [0.15, 0.2) is 5.65 Å². The number of aromatic nitrogens is 3. The smallest absolute Gasteiger partial charge is 0.278 e. The van der Waals surface area contributed by atoms with E-state index in [0.29, 0.717) is 29.0 Å². The molecule has 0 aliphatic rings. The lowest BCUT2D eigenvalue weighted by Gasteiger charge is -2.17. The molecule has 1 N–H and O–H groups in total. The minimum atomic E-state index is -0.291. The van der Waals surface area contributed by atoms with Crippen molar-refractivity contribution in [1.29, 1.82) is 5.26 Å². The third-order valence-corrected chi connectivity index (χ3v) is 5.59. The average Bonchev–Trinajstić information content (AvgIpc) is 3.31. The number of hydrogen-bond acceptors (Lipinski definition) is 6. The minimum absolute atomic E-state index is 0.125. The van der Waals surface area contributed by atoms with Gasteiger partial charge in [0.05, 0.1) is 29.7 Å². The Labute approximate surface area is 203 Å². The molecule has 35 heavy (non-hydrogen) atoms. The standard InChI is InChI=1S/C26H25N7O2/c1-31(2)13-12-28-25(34)20-8-6-19(7-9-20)23-15-30-24-16-29-22(17-33(23)24)26(35)32(3)21-10-4-18(14-27)5-11-21/h4-11,15-17H,12-13H2,1-3H3,(H,28,34). The Morgan fingerprint density at radius 1 is 1.00 bits per heavy atom. The molecule has 0 unspecified atom stereocenters. The molecule has 4 aromatic rings. The fraction of sp³-hybridized carbons (Fsp3) is 0.192. The molecule has 2 amide bonds. The van der Waals surface area contributed by atoms with Gasteiger partial charge in [0.1, 0.15) is 5.69 Å². The molecule has 0 radical (unpaired) electrons. The van der Waals surface area contributed by atoms with Crippen molar-refractivity contribution < 1.29 is 9.59 Å². The third-order valence-electron chi connectivity index (χ3n) is 5.59. The summed E-state index contributed by atoms with van der Waals surface area (Å²) in [6.45, 7) is 1.34. The summed E-state index contributed by atoms with van der Waals surface area (Å²) in [5, 5.41) is 11.9. The van der Waals surface area contributed by atoms with Crippen LogP contribution in [0.15, 0.2) is 67.1 Å². The normalized spacial score (nSPS) is 10.8. The SMILES string of the molecule is CN(C)CCNC(=O)c1ccc(-c2cnc3cnc(C(=O)N(C)c4ccc(C#N)cc4)cn23)cc1. The van der Waals surface area contributed by atoms with E-state index in [1.807, 2.05) is 31.1 Å². The van der Waals surface area contributed by atoms with Gasteiger partial charge in [-0.15, -0.1) is 0 Å². The van der Waals surface area contributed by atoms with Crippen LogP contribution >= 0.6 is 0 Å². The molecule has 4 rings (SSSR count). The number of fused-ring (bicyclic) bond motifs is 1. The number of hydrogen-bond donors (Lipinski definition) is 1. The van der Waals surface area contributed by atoms with Gasteiger partial charge in [0.2, 0.25) is 0 Å². The van der Waals surface area contributed by atoms with Crippen molar-refractivity contribution in [1.82, 2.24) is 24.6 Å². The van der Waals surface area contributed by atoms with E-state index in [1.165, 1.54) is 4.90 Å². The number of nitrogens with one attached hydrogen (secondary N) is 1. The maximum absolute atomic E-state index is 13.1. The highest BCUT2D eigenvalue weighted by atomic mass is 16.2. The number of nitrogens with zero attached hydrogens (tertiary/aromatic N) is 6. The van der Waals surface area contributed by atoms with Crippen LogP contribution in [-0.2, 0) is 0 Å². The number of rotatable bonds is 7. The fourth-order valence-electron chi connectivity index (χ4n) is 3.55. The maximum atomic E-state index is 13.1. The zero-order valence-electron chi connectivity index (χ0n) is 19.8. The Morgan fingerprint density at radius 2 is 1.71 bits per heavy atom. The summed E-state index contributed by atoms with van der Waals surface area (Å²) in [6, 6.07) is 16.1. The van der Waals surface area contributed by atoms with E-state index in [9.17, 15) is 9.59 Å². The summed E-state index contributed by atoms with van der Waals surface area (Å²) in [6.07, 6.45) is 4.92. The Balaban J connectivity index is 1.55. The molecule has 9 heteroatoms. The molecule has 0 fully saturated rings. The lowest BCUT2D eigenvalue weighted by molar-refractivity contribution is 0.0949. The fourth-order valence-corrected chi connectivity index (χ4v) is 3.55. The van der Waals surface area contributed by atoms with Crippen LogP contribution in [-0.4, -0.2) is 65.3 Å². The average molecular weight is 468 g/mol. The molecule has 0 atom stereocenters. The highest BCUT2D eigenvalue weighted by Crippen LogP contribution is 2.22. The van der Waals surface area contributed by atoms with E-state index in [1.54, 1.807) is 66.4 Å². The number of imidazole rings is 1. The monoisotopic (exact) mass is 467 g/mol. The number of benzene rings is 2. The topological polar surface area (TPSA) is 107 Å². The molecule has 0 saturated heterocycles. The largest absolute Gasteiger partial charge is 0.351 e. The predicted octanol–water partition coefficient (Wildman–Crippen LogP) is 2.84. The van der Waals surface area contributed by atoms with Crippen molar-refractivity contribution in [3.8, 4) is 17.3 Å². The lowest BCUT2D eigenvalue weighted by atomic mass is 10.1. The second-order valence-electron chi connectivity index (χ2n) is 8.30. The van der Waals surface area contributed by atoms with Crippen molar-refractivity contribution in [3.63, 3.8) is 0 Å². The maximum Gasteiger partial charge on any atom is 0.278 e. The van der Waals surface area contributed by atoms with Gasteiger partial charge < -0.3 is 15.1 Å². The number of carbonyl (C=O) groups is 2. The van der Waals surface area contributed by atoms with Gasteiger partial charge >= 0.3 is 0 Å². The Hall–Kier alpha value is -4.55. The lowest BCUT2D eigenvalue weighted by Crippen LogP contribution is -2.31. The van der Waals surface area contributed by atoms with Crippen LogP contribution in [0.2, 0.25) is 0 Å². The van der Waals surface area contributed by atoms with Crippen molar-refractivity contribution in [2.45, 2.75) is 0 Å². The molecule has 0 saturated carbocycles. The molecule has 9 nitrogen and oxygen atoms in total. The van der Waals surface area contributed by atoms with Crippen LogP contribution < -0.4 is 10.2 Å².